The zero-order valence-electron chi connectivity index (χ0n) is 12.6. The Morgan fingerprint density at radius 3 is 2.65 bits per heavy atom. The van der Waals surface area contributed by atoms with E-state index in [1.807, 2.05) is 61.5 Å². The van der Waals surface area contributed by atoms with E-state index in [2.05, 4.69) is 25.1 Å². The summed E-state index contributed by atoms with van der Waals surface area (Å²) in [6.45, 7) is 2.47. The van der Waals surface area contributed by atoms with Crippen LogP contribution in [-0.4, -0.2) is 19.7 Å². The molecule has 23 heavy (non-hydrogen) atoms. The molecule has 0 saturated carbocycles. The second kappa shape index (κ2) is 5.57. The minimum atomic E-state index is 0.383. The van der Waals surface area contributed by atoms with Crippen molar-refractivity contribution in [3.63, 3.8) is 0 Å². The van der Waals surface area contributed by atoms with Crippen molar-refractivity contribution in [2.45, 2.75) is 13.5 Å². The first-order chi connectivity index (χ1) is 11.3. The third-order valence-corrected chi connectivity index (χ3v) is 3.63. The molecule has 0 unspecified atom stereocenters. The molecule has 0 atom stereocenters. The zero-order valence-corrected chi connectivity index (χ0v) is 12.6. The number of aromatic nitrogens is 4. The van der Waals surface area contributed by atoms with Crippen LogP contribution < -0.4 is 5.32 Å². The van der Waals surface area contributed by atoms with E-state index in [0.29, 0.717) is 18.5 Å². The van der Waals surface area contributed by atoms with E-state index in [-0.39, 0.29) is 0 Å². The monoisotopic (exact) mass is 305 g/mol. The fraction of sp³-hybridized carbons (Fsp3) is 0.118. The van der Waals surface area contributed by atoms with Gasteiger partial charge >= 0.3 is 6.01 Å². The Morgan fingerprint density at radius 2 is 1.78 bits per heavy atom. The number of nitrogens with one attached hydrogen (secondary N) is 1. The summed E-state index contributed by atoms with van der Waals surface area (Å²) in [5.41, 5.74) is 2.93. The lowest BCUT2D eigenvalue weighted by molar-refractivity contribution is 0.491. The van der Waals surface area contributed by atoms with Gasteiger partial charge in [0.15, 0.2) is 0 Å². The Bertz CT molecular complexity index is 942. The SMILES string of the molecule is Cc1nc2ccccc2n1Cc1nnc(Nc2ccccc2)o1. The molecule has 4 rings (SSSR count). The van der Waals surface area contributed by atoms with E-state index >= 15 is 0 Å². The van der Waals surface area contributed by atoms with Gasteiger partial charge in [-0.3, -0.25) is 0 Å². The van der Waals surface area contributed by atoms with Crippen LogP contribution in [-0.2, 0) is 6.54 Å². The van der Waals surface area contributed by atoms with Gasteiger partial charge in [0, 0.05) is 5.69 Å². The first-order valence-corrected chi connectivity index (χ1v) is 7.36. The lowest BCUT2D eigenvalue weighted by Gasteiger charge is -2.03. The zero-order chi connectivity index (χ0) is 15.6. The van der Waals surface area contributed by atoms with E-state index in [1.54, 1.807) is 0 Å². The van der Waals surface area contributed by atoms with Crippen molar-refractivity contribution in [3.05, 3.63) is 66.3 Å². The maximum Gasteiger partial charge on any atom is 0.320 e. The molecule has 2 heterocycles. The van der Waals surface area contributed by atoms with Crippen LogP contribution in [0.4, 0.5) is 11.7 Å². The van der Waals surface area contributed by atoms with Gasteiger partial charge in [-0.2, -0.15) is 0 Å². The molecule has 6 nitrogen and oxygen atoms in total. The van der Waals surface area contributed by atoms with Crippen LogP contribution in [0.15, 0.2) is 59.0 Å². The van der Waals surface area contributed by atoms with Gasteiger partial charge in [0.25, 0.3) is 0 Å². The van der Waals surface area contributed by atoms with Gasteiger partial charge in [-0.15, -0.1) is 5.10 Å². The first kappa shape index (κ1) is 13.5. The molecule has 114 valence electrons. The quantitative estimate of drug-likeness (QED) is 0.625. The van der Waals surface area contributed by atoms with Crippen molar-refractivity contribution < 1.29 is 4.42 Å². The summed E-state index contributed by atoms with van der Waals surface area (Å²) in [4.78, 5) is 4.54. The second-order valence-corrected chi connectivity index (χ2v) is 5.23. The summed E-state index contributed by atoms with van der Waals surface area (Å²) in [6, 6.07) is 18.1. The lowest BCUT2D eigenvalue weighted by Crippen LogP contribution is -2.02. The molecule has 0 radical (unpaired) electrons. The lowest BCUT2D eigenvalue weighted by atomic mass is 10.3. The number of fused-ring (bicyclic) bond motifs is 1. The number of hydrogen-bond acceptors (Lipinski definition) is 5. The normalized spacial score (nSPS) is 11.0. The summed E-state index contributed by atoms with van der Waals surface area (Å²) >= 11 is 0. The van der Waals surface area contributed by atoms with Crippen molar-refractivity contribution in [3.8, 4) is 0 Å². The van der Waals surface area contributed by atoms with E-state index in [4.69, 9.17) is 4.42 Å². The predicted octanol–water partition coefficient (Wildman–Crippen LogP) is 3.52. The fourth-order valence-electron chi connectivity index (χ4n) is 2.54. The van der Waals surface area contributed by atoms with Crippen molar-refractivity contribution in [2.24, 2.45) is 0 Å². The highest BCUT2D eigenvalue weighted by Gasteiger charge is 2.11. The minimum absolute atomic E-state index is 0.383. The highest BCUT2D eigenvalue weighted by atomic mass is 16.4. The van der Waals surface area contributed by atoms with Gasteiger partial charge in [-0.25, -0.2) is 4.98 Å². The van der Waals surface area contributed by atoms with Crippen LogP contribution in [0.25, 0.3) is 11.0 Å². The average molecular weight is 305 g/mol. The van der Waals surface area contributed by atoms with Crippen LogP contribution in [0.1, 0.15) is 11.7 Å². The van der Waals surface area contributed by atoms with Crippen LogP contribution in [0.5, 0.6) is 0 Å². The summed E-state index contributed by atoms with van der Waals surface area (Å²) < 4.78 is 7.75. The minimum Gasteiger partial charge on any atom is -0.406 e. The third-order valence-electron chi connectivity index (χ3n) is 3.63. The molecular formula is C17H15N5O. The molecule has 4 aromatic rings. The number of anilines is 2. The Kier molecular flexibility index (Phi) is 3.27. The maximum atomic E-state index is 5.68. The summed E-state index contributed by atoms with van der Waals surface area (Å²) in [5.74, 6) is 1.46. The van der Waals surface area contributed by atoms with E-state index < -0.39 is 0 Å². The van der Waals surface area contributed by atoms with Crippen LogP contribution in [0, 0.1) is 6.92 Å². The van der Waals surface area contributed by atoms with Gasteiger partial charge < -0.3 is 14.3 Å². The van der Waals surface area contributed by atoms with Gasteiger partial charge in [-0.05, 0) is 31.2 Å². The highest BCUT2D eigenvalue weighted by Crippen LogP contribution is 2.19. The average Bonchev–Trinajstić information content (AvgIpc) is 3.14. The Hall–Kier alpha value is -3.15. The Balaban J connectivity index is 1.58. The van der Waals surface area contributed by atoms with E-state index in [0.717, 1.165) is 22.5 Å². The molecule has 0 aliphatic heterocycles. The number of benzene rings is 2. The summed E-state index contributed by atoms with van der Waals surface area (Å²) in [5, 5.41) is 11.2. The smallest absolute Gasteiger partial charge is 0.320 e. The molecule has 0 bridgehead atoms. The van der Waals surface area contributed by atoms with Gasteiger partial charge in [-0.1, -0.05) is 35.4 Å². The molecular weight excluding hydrogens is 290 g/mol. The maximum absolute atomic E-state index is 5.68. The van der Waals surface area contributed by atoms with Gasteiger partial charge in [0.1, 0.15) is 12.4 Å². The van der Waals surface area contributed by atoms with E-state index in [9.17, 15) is 0 Å². The van der Waals surface area contributed by atoms with Crippen molar-refractivity contribution in [2.75, 3.05) is 5.32 Å². The van der Waals surface area contributed by atoms with Crippen molar-refractivity contribution >= 4 is 22.7 Å². The van der Waals surface area contributed by atoms with Gasteiger partial charge in [0.05, 0.1) is 11.0 Å². The highest BCUT2D eigenvalue weighted by molar-refractivity contribution is 5.75. The van der Waals surface area contributed by atoms with Crippen molar-refractivity contribution in [1.82, 2.24) is 19.7 Å². The largest absolute Gasteiger partial charge is 0.406 e. The van der Waals surface area contributed by atoms with Crippen molar-refractivity contribution in [1.29, 1.82) is 0 Å². The topological polar surface area (TPSA) is 68.8 Å². The summed E-state index contributed by atoms with van der Waals surface area (Å²) in [7, 11) is 0. The Labute approximate surface area is 132 Å². The third kappa shape index (κ3) is 2.66. The predicted molar refractivity (Wildman–Crippen MR) is 87.6 cm³/mol. The fourth-order valence-corrected chi connectivity index (χ4v) is 2.54. The molecule has 2 aromatic carbocycles. The second-order valence-electron chi connectivity index (χ2n) is 5.23. The Morgan fingerprint density at radius 1 is 1.00 bits per heavy atom. The first-order valence-electron chi connectivity index (χ1n) is 7.36. The number of imidazole rings is 1. The van der Waals surface area contributed by atoms with Crippen LogP contribution in [0.2, 0.25) is 0 Å². The molecule has 0 amide bonds. The molecule has 0 aliphatic carbocycles. The standard InChI is InChI=1S/C17H15N5O/c1-12-18-14-9-5-6-10-15(14)22(12)11-16-20-21-17(23-16)19-13-7-3-2-4-8-13/h2-10H,11H2,1H3,(H,19,21). The molecule has 0 spiro atoms. The molecule has 1 N–H and O–H groups in total. The number of aryl methyl sites for hydroxylation is 1. The number of hydrogen-bond donors (Lipinski definition) is 1. The number of nitrogens with zero attached hydrogens (tertiary/aromatic N) is 4. The number of rotatable bonds is 4. The summed E-state index contributed by atoms with van der Waals surface area (Å²) in [6.07, 6.45) is 0. The van der Waals surface area contributed by atoms with Crippen LogP contribution in [0.3, 0.4) is 0 Å². The van der Waals surface area contributed by atoms with Crippen LogP contribution >= 0.6 is 0 Å². The molecule has 2 aromatic heterocycles. The van der Waals surface area contributed by atoms with E-state index in [1.165, 1.54) is 0 Å². The van der Waals surface area contributed by atoms with Gasteiger partial charge in [0.2, 0.25) is 5.89 Å². The molecule has 6 heteroatoms. The molecule has 0 aliphatic rings. The number of para-hydroxylation sites is 3. The molecule has 0 fully saturated rings. The molecule has 0 saturated heterocycles.